The number of aryl methyl sites for hydroxylation is 2. The van der Waals surface area contributed by atoms with Crippen LogP contribution in [0.3, 0.4) is 0 Å². The molecule has 4 heterocycles. The van der Waals surface area contributed by atoms with Gasteiger partial charge in [0.15, 0.2) is 11.6 Å². The van der Waals surface area contributed by atoms with Crippen molar-refractivity contribution in [1.82, 2.24) is 24.5 Å². The maximum absolute atomic E-state index is 13.3. The molecule has 0 saturated heterocycles. The second-order valence-corrected chi connectivity index (χ2v) is 8.60. The van der Waals surface area contributed by atoms with Crippen molar-refractivity contribution in [3.63, 3.8) is 0 Å². The number of aromatic nitrogens is 5. The Bertz CT molecular complexity index is 1390. The maximum Gasteiger partial charge on any atom is 0.408 e. The second kappa shape index (κ2) is 7.89. The van der Waals surface area contributed by atoms with Crippen LogP contribution in [0.1, 0.15) is 35.3 Å². The number of pyridine rings is 1. The van der Waals surface area contributed by atoms with Crippen LogP contribution in [-0.2, 0) is 20.0 Å². The summed E-state index contributed by atoms with van der Waals surface area (Å²) < 4.78 is 48.9. The average Bonchev–Trinajstić information content (AvgIpc) is 3.30. The smallest absolute Gasteiger partial charge is 0.408 e. The van der Waals surface area contributed by atoms with E-state index >= 15 is 0 Å². The highest BCUT2D eigenvalue weighted by molar-refractivity contribution is 5.72. The molecule has 1 aliphatic heterocycles. The van der Waals surface area contributed by atoms with E-state index in [1.54, 1.807) is 10.7 Å². The number of nitrogens with zero attached hydrogens (tertiary/aromatic N) is 5. The molecule has 3 aromatic heterocycles. The number of nitrogens with two attached hydrogens (primary N) is 1. The van der Waals surface area contributed by atoms with Crippen LogP contribution in [0.15, 0.2) is 42.9 Å². The highest BCUT2D eigenvalue weighted by Crippen LogP contribution is 2.39. The van der Waals surface area contributed by atoms with Crippen LogP contribution in [0.2, 0.25) is 0 Å². The number of ether oxygens (including phenoxy) is 1. The molecule has 4 aromatic rings. The maximum atomic E-state index is 13.3. The number of halogens is 3. The molecular weight excluding hydrogens is 445 g/mol. The Hall–Kier alpha value is -3.82. The summed E-state index contributed by atoms with van der Waals surface area (Å²) in [6.07, 6.45) is 0.303. The van der Waals surface area contributed by atoms with Crippen molar-refractivity contribution in [2.24, 2.45) is 7.05 Å². The van der Waals surface area contributed by atoms with Gasteiger partial charge in [-0.15, -0.1) is 0 Å². The molecule has 1 aliphatic rings. The van der Waals surface area contributed by atoms with Crippen molar-refractivity contribution in [2.75, 3.05) is 5.73 Å². The van der Waals surface area contributed by atoms with Gasteiger partial charge in [-0.3, -0.25) is 9.36 Å². The Morgan fingerprint density at radius 1 is 1.18 bits per heavy atom. The second-order valence-electron chi connectivity index (χ2n) is 8.60. The van der Waals surface area contributed by atoms with E-state index in [1.807, 2.05) is 45.3 Å². The van der Waals surface area contributed by atoms with E-state index in [0.29, 0.717) is 29.0 Å². The summed E-state index contributed by atoms with van der Waals surface area (Å²) >= 11 is 0. The lowest BCUT2D eigenvalue weighted by Gasteiger charge is -2.21. The van der Waals surface area contributed by atoms with Gasteiger partial charge in [0.2, 0.25) is 0 Å². The highest BCUT2D eigenvalue weighted by Gasteiger charge is 2.31. The van der Waals surface area contributed by atoms with Crippen molar-refractivity contribution >= 4 is 5.82 Å². The summed E-state index contributed by atoms with van der Waals surface area (Å²) in [4.78, 5) is 4.22. The third-order valence-corrected chi connectivity index (χ3v) is 5.89. The summed E-state index contributed by atoms with van der Waals surface area (Å²) in [5, 5.41) is 8.76. The highest BCUT2D eigenvalue weighted by atomic mass is 19.4. The van der Waals surface area contributed by atoms with Crippen molar-refractivity contribution in [2.45, 2.75) is 39.1 Å². The van der Waals surface area contributed by atoms with Gasteiger partial charge in [-0.25, -0.2) is 4.98 Å². The van der Waals surface area contributed by atoms with Crippen LogP contribution < -0.4 is 10.5 Å². The summed E-state index contributed by atoms with van der Waals surface area (Å²) in [6.45, 7) is 2.68. The van der Waals surface area contributed by atoms with Crippen LogP contribution in [0.5, 0.6) is 5.75 Å². The molecule has 0 unspecified atom stereocenters. The number of fused-ring (bicyclic) bond motifs is 7. The predicted octanol–water partition coefficient (Wildman–Crippen LogP) is 4.84. The van der Waals surface area contributed by atoms with Crippen LogP contribution in [0.4, 0.5) is 19.0 Å². The molecule has 10 heteroatoms. The lowest BCUT2D eigenvalue weighted by Crippen LogP contribution is -2.19. The number of hydrogen-bond acceptors (Lipinski definition) is 5. The molecule has 0 fully saturated rings. The molecule has 2 bridgehead atoms. The monoisotopic (exact) mass is 468 g/mol. The van der Waals surface area contributed by atoms with E-state index in [0.717, 1.165) is 32.6 Å². The van der Waals surface area contributed by atoms with Gasteiger partial charge in [0, 0.05) is 53.7 Å². The zero-order valence-corrected chi connectivity index (χ0v) is 18.9. The number of nitrogen functional groups attached to an aromatic ring is 1. The standard InChI is InChI=1S/C24H23F3N6O/c1-13-4-5-18-19(6-13)14(2)34-20-8-16(9-29-23(20)28)22-15(7-17-11-32(3)31-21(17)18)10-30-33(22)12-24(25,26)27/h4-6,8-11,14H,7,12H2,1-3H3,(H2,28,29)/t14-/m1/s1. The molecule has 0 saturated carbocycles. The molecule has 0 spiro atoms. The molecule has 34 heavy (non-hydrogen) atoms. The first-order valence-electron chi connectivity index (χ1n) is 10.8. The van der Waals surface area contributed by atoms with Gasteiger partial charge in [-0.1, -0.05) is 23.8 Å². The van der Waals surface area contributed by atoms with Crippen molar-refractivity contribution in [3.05, 3.63) is 65.1 Å². The van der Waals surface area contributed by atoms with Crippen molar-refractivity contribution in [3.8, 4) is 28.3 Å². The third kappa shape index (κ3) is 4.00. The van der Waals surface area contributed by atoms with Crippen molar-refractivity contribution in [1.29, 1.82) is 0 Å². The lowest BCUT2D eigenvalue weighted by atomic mass is 9.93. The van der Waals surface area contributed by atoms with Gasteiger partial charge in [-0.05, 0) is 19.9 Å². The van der Waals surface area contributed by atoms with E-state index in [9.17, 15) is 13.2 Å². The molecule has 0 amide bonds. The first kappa shape index (κ1) is 22.0. The van der Waals surface area contributed by atoms with Gasteiger partial charge < -0.3 is 10.5 Å². The van der Waals surface area contributed by atoms with Crippen molar-refractivity contribution < 1.29 is 17.9 Å². The summed E-state index contributed by atoms with van der Waals surface area (Å²) in [6, 6.07) is 7.67. The third-order valence-electron chi connectivity index (χ3n) is 5.89. The van der Waals surface area contributed by atoms with Gasteiger partial charge in [0.25, 0.3) is 0 Å². The zero-order valence-electron chi connectivity index (χ0n) is 18.9. The van der Waals surface area contributed by atoms with Crippen LogP contribution >= 0.6 is 0 Å². The van der Waals surface area contributed by atoms with Gasteiger partial charge in [0.05, 0.1) is 17.6 Å². The first-order chi connectivity index (χ1) is 16.1. The number of alkyl halides is 3. The zero-order chi connectivity index (χ0) is 24.2. The average molecular weight is 468 g/mol. The molecule has 0 radical (unpaired) electrons. The van der Waals surface area contributed by atoms with Gasteiger partial charge in [0.1, 0.15) is 12.6 Å². The summed E-state index contributed by atoms with van der Waals surface area (Å²) in [7, 11) is 1.82. The van der Waals surface area contributed by atoms with E-state index < -0.39 is 18.8 Å². The lowest BCUT2D eigenvalue weighted by molar-refractivity contribution is -0.142. The summed E-state index contributed by atoms with van der Waals surface area (Å²) in [5.41, 5.74) is 12.0. The van der Waals surface area contributed by atoms with E-state index in [1.165, 1.54) is 12.4 Å². The Kier molecular flexibility index (Phi) is 5.11. The Morgan fingerprint density at radius 3 is 2.74 bits per heavy atom. The molecule has 0 aliphatic carbocycles. The fourth-order valence-corrected chi connectivity index (χ4v) is 4.44. The molecule has 1 atom stereocenters. The number of hydrogen-bond donors (Lipinski definition) is 1. The Morgan fingerprint density at radius 2 is 1.97 bits per heavy atom. The Balaban J connectivity index is 1.78. The predicted molar refractivity (Wildman–Crippen MR) is 121 cm³/mol. The quantitative estimate of drug-likeness (QED) is 0.432. The van der Waals surface area contributed by atoms with E-state index in [-0.39, 0.29) is 5.82 Å². The van der Waals surface area contributed by atoms with E-state index in [2.05, 4.69) is 15.2 Å². The SMILES string of the molecule is Cc1ccc2c(c1)[C@@H](C)Oc1cc(cnc1N)-c1c(cnn1CC(F)(F)F)Cc1cn(C)nc1-2. The topological polar surface area (TPSA) is 83.8 Å². The molecule has 5 rings (SSSR count). The minimum atomic E-state index is -4.44. The minimum absolute atomic E-state index is 0.156. The van der Waals surface area contributed by atoms with Crippen LogP contribution in [-0.4, -0.2) is 30.7 Å². The molecule has 1 aromatic carbocycles. The van der Waals surface area contributed by atoms with Crippen LogP contribution in [0, 0.1) is 6.92 Å². The number of anilines is 1. The number of benzene rings is 1. The van der Waals surface area contributed by atoms with Crippen LogP contribution in [0.25, 0.3) is 22.5 Å². The normalized spacial score (nSPS) is 15.4. The fraction of sp³-hybridized carbons (Fsp3) is 0.292. The molecule has 176 valence electrons. The van der Waals surface area contributed by atoms with Gasteiger partial charge in [-0.2, -0.15) is 23.4 Å². The van der Waals surface area contributed by atoms with E-state index in [4.69, 9.17) is 10.5 Å². The minimum Gasteiger partial charge on any atom is -0.482 e. The molecule has 7 nitrogen and oxygen atoms in total. The first-order valence-corrected chi connectivity index (χ1v) is 10.8. The largest absolute Gasteiger partial charge is 0.482 e. The summed E-state index contributed by atoms with van der Waals surface area (Å²) in [5.74, 6) is 0.453. The Labute approximate surface area is 194 Å². The molecule has 2 N–H and O–H groups in total. The fourth-order valence-electron chi connectivity index (χ4n) is 4.44. The number of rotatable bonds is 1. The molecular formula is C24H23F3N6O. The van der Waals surface area contributed by atoms with Gasteiger partial charge >= 0.3 is 6.18 Å².